The summed E-state index contributed by atoms with van der Waals surface area (Å²) < 4.78 is 12.8. The predicted octanol–water partition coefficient (Wildman–Crippen LogP) is 4.83. The molecule has 1 aliphatic heterocycles. The summed E-state index contributed by atoms with van der Waals surface area (Å²) in [4.78, 5) is 39.0. The van der Waals surface area contributed by atoms with Crippen molar-refractivity contribution in [3.8, 4) is 11.5 Å². The van der Waals surface area contributed by atoms with Crippen LogP contribution in [0.2, 0.25) is 0 Å². The van der Waals surface area contributed by atoms with Gasteiger partial charge in [0, 0.05) is 4.47 Å². The van der Waals surface area contributed by atoms with E-state index in [0.717, 1.165) is 19.4 Å². The van der Waals surface area contributed by atoms with E-state index >= 15 is 0 Å². The van der Waals surface area contributed by atoms with Crippen molar-refractivity contribution in [2.45, 2.75) is 20.3 Å². The van der Waals surface area contributed by atoms with Gasteiger partial charge in [0.2, 0.25) is 0 Å². The number of ether oxygens (including phenoxy) is 2. The molecule has 9 heteroatoms. The number of carbonyl (C=O) groups excluding carboxylic acids is 3. The average Bonchev–Trinajstić information content (AvgIpc) is 2.71. The smallest absolute Gasteiger partial charge is 0.335 e. The van der Waals surface area contributed by atoms with Crippen LogP contribution in [0, 0.1) is 10.5 Å². The summed E-state index contributed by atoms with van der Waals surface area (Å²) in [5.74, 6) is -0.345. The van der Waals surface area contributed by atoms with Crippen molar-refractivity contribution < 1.29 is 23.9 Å². The second kappa shape index (κ2) is 9.82. The Balaban J connectivity index is 2.03. The van der Waals surface area contributed by atoms with Crippen molar-refractivity contribution in [1.82, 2.24) is 5.32 Å². The van der Waals surface area contributed by atoms with Crippen molar-refractivity contribution in [1.29, 1.82) is 0 Å². The lowest BCUT2D eigenvalue weighted by atomic mass is 10.1. The van der Waals surface area contributed by atoms with Crippen molar-refractivity contribution in [2.24, 2.45) is 0 Å². The third-order valence-electron chi connectivity index (χ3n) is 4.51. The zero-order valence-electron chi connectivity index (χ0n) is 17.1. The van der Waals surface area contributed by atoms with E-state index < -0.39 is 17.8 Å². The van der Waals surface area contributed by atoms with Crippen LogP contribution in [0.4, 0.5) is 10.5 Å². The molecule has 0 aliphatic carbocycles. The molecular weight excluding hydrogens is 579 g/mol. The van der Waals surface area contributed by atoms with Gasteiger partial charge in [-0.15, -0.1) is 0 Å². The summed E-state index contributed by atoms with van der Waals surface area (Å²) in [7, 11) is 1.52. The Morgan fingerprint density at radius 3 is 2.58 bits per heavy atom. The van der Waals surface area contributed by atoms with Gasteiger partial charge in [0.1, 0.15) is 5.57 Å². The molecule has 0 atom stereocenters. The van der Waals surface area contributed by atoms with Crippen LogP contribution in [0.3, 0.4) is 0 Å². The molecule has 1 heterocycles. The molecule has 0 saturated carbocycles. The van der Waals surface area contributed by atoms with Crippen LogP contribution < -0.4 is 19.7 Å². The summed E-state index contributed by atoms with van der Waals surface area (Å²) in [6.45, 7) is 4.33. The van der Waals surface area contributed by atoms with Crippen molar-refractivity contribution >= 4 is 68.1 Å². The molecule has 4 amide bonds. The quantitative estimate of drug-likeness (QED) is 0.293. The van der Waals surface area contributed by atoms with Gasteiger partial charge in [-0.2, -0.15) is 0 Å². The maximum absolute atomic E-state index is 13.1. The van der Waals surface area contributed by atoms with E-state index in [1.54, 1.807) is 37.3 Å². The maximum atomic E-state index is 13.1. The molecule has 162 valence electrons. The minimum absolute atomic E-state index is 0.151. The molecule has 2 aromatic rings. The highest BCUT2D eigenvalue weighted by Gasteiger charge is 2.37. The van der Waals surface area contributed by atoms with Crippen LogP contribution in [0.5, 0.6) is 11.5 Å². The summed E-state index contributed by atoms with van der Waals surface area (Å²) >= 11 is 5.48. The van der Waals surface area contributed by atoms with E-state index in [1.165, 1.54) is 13.2 Å². The van der Waals surface area contributed by atoms with Gasteiger partial charge in [-0.25, -0.2) is 9.69 Å². The zero-order valence-corrected chi connectivity index (χ0v) is 20.9. The van der Waals surface area contributed by atoms with Crippen LogP contribution >= 0.6 is 38.5 Å². The number of urea groups is 1. The van der Waals surface area contributed by atoms with E-state index in [9.17, 15) is 14.4 Å². The molecule has 1 fully saturated rings. The number of nitrogens with zero attached hydrogens (tertiary/aromatic N) is 1. The van der Waals surface area contributed by atoms with Gasteiger partial charge >= 0.3 is 6.03 Å². The van der Waals surface area contributed by atoms with E-state index in [4.69, 9.17) is 9.47 Å². The highest BCUT2D eigenvalue weighted by molar-refractivity contribution is 14.1. The first kappa shape index (κ1) is 23.3. The molecule has 0 unspecified atom stereocenters. The monoisotopic (exact) mass is 598 g/mol. The Labute approximate surface area is 202 Å². The van der Waals surface area contributed by atoms with Crippen molar-refractivity contribution in [3.63, 3.8) is 0 Å². The van der Waals surface area contributed by atoms with E-state index in [1.807, 2.05) is 6.92 Å². The molecule has 2 aromatic carbocycles. The van der Waals surface area contributed by atoms with E-state index in [0.29, 0.717) is 34.9 Å². The lowest BCUT2D eigenvalue weighted by Crippen LogP contribution is -2.54. The van der Waals surface area contributed by atoms with Crippen molar-refractivity contribution in [2.75, 3.05) is 18.6 Å². The van der Waals surface area contributed by atoms with Crippen LogP contribution in [-0.2, 0) is 9.59 Å². The van der Waals surface area contributed by atoms with Gasteiger partial charge in [0.05, 0.1) is 23.0 Å². The molecule has 1 saturated heterocycles. The summed E-state index contributed by atoms with van der Waals surface area (Å²) in [5.41, 5.74) is 1.53. The highest BCUT2D eigenvalue weighted by Crippen LogP contribution is 2.35. The number of halogens is 2. The Hall–Kier alpha value is -2.40. The number of imide groups is 2. The molecule has 0 radical (unpaired) electrons. The number of barbiturate groups is 1. The summed E-state index contributed by atoms with van der Waals surface area (Å²) in [6.07, 6.45) is 2.29. The van der Waals surface area contributed by atoms with Gasteiger partial charge in [-0.1, -0.05) is 22.9 Å². The number of amides is 4. The molecule has 3 rings (SSSR count). The normalized spacial score (nSPS) is 15.3. The van der Waals surface area contributed by atoms with Crippen LogP contribution in [0.25, 0.3) is 6.08 Å². The molecule has 0 spiro atoms. The third-order valence-corrected chi connectivity index (χ3v) is 5.81. The fourth-order valence-electron chi connectivity index (χ4n) is 3.08. The molecule has 31 heavy (non-hydrogen) atoms. The standard InChI is InChI=1S/C22H20BrIN2O5/c1-4-7-31-19-16(24)10-13(11-18(19)30-3)9-15-20(27)25-22(29)26(21(15)28)17-6-5-14(23)8-12(17)2/h5-6,8-11H,4,7H2,1-3H3,(H,25,27,29)/b15-9-. The first-order valence-corrected chi connectivity index (χ1v) is 11.3. The SMILES string of the molecule is CCCOc1c(I)cc(/C=C2/C(=O)NC(=O)N(c3ccc(Br)cc3C)C2=O)cc1OC. The van der Waals surface area contributed by atoms with Gasteiger partial charge in [0.25, 0.3) is 11.8 Å². The first-order valence-electron chi connectivity index (χ1n) is 9.44. The number of rotatable bonds is 6. The summed E-state index contributed by atoms with van der Waals surface area (Å²) in [5, 5.41) is 2.24. The van der Waals surface area contributed by atoms with Crippen LogP contribution in [0.15, 0.2) is 40.4 Å². The van der Waals surface area contributed by atoms with Gasteiger partial charge in [-0.3, -0.25) is 14.9 Å². The minimum atomic E-state index is -0.784. The molecule has 0 bridgehead atoms. The van der Waals surface area contributed by atoms with E-state index in [-0.39, 0.29) is 5.57 Å². The first-order chi connectivity index (χ1) is 14.8. The second-order valence-corrected chi connectivity index (χ2v) is 8.85. The maximum Gasteiger partial charge on any atom is 0.335 e. The topological polar surface area (TPSA) is 84.9 Å². The van der Waals surface area contributed by atoms with Gasteiger partial charge in [0.15, 0.2) is 11.5 Å². The zero-order chi connectivity index (χ0) is 22.7. The third kappa shape index (κ3) is 4.93. The highest BCUT2D eigenvalue weighted by atomic mass is 127. The number of hydrogen-bond acceptors (Lipinski definition) is 5. The Bertz CT molecular complexity index is 1100. The fraction of sp³-hybridized carbons (Fsp3) is 0.227. The molecule has 1 N–H and O–H groups in total. The number of methoxy groups -OCH3 is 1. The predicted molar refractivity (Wildman–Crippen MR) is 129 cm³/mol. The Morgan fingerprint density at radius 1 is 1.19 bits per heavy atom. The van der Waals surface area contributed by atoms with Crippen LogP contribution in [0.1, 0.15) is 24.5 Å². The molecular formula is C22H20BrIN2O5. The van der Waals surface area contributed by atoms with Gasteiger partial charge < -0.3 is 9.47 Å². The van der Waals surface area contributed by atoms with Crippen molar-refractivity contribution in [3.05, 3.63) is 55.1 Å². The number of carbonyl (C=O) groups is 3. The Kier molecular flexibility index (Phi) is 7.37. The lowest BCUT2D eigenvalue weighted by Gasteiger charge is -2.27. The average molecular weight is 599 g/mol. The fourth-order valence-corrected chi connectivity index (χ4v) is 4.34. The minimum Gasteiger partial charge on any atom is -0.493 e. The second-order valence-electron chi connectivity index (χ2n) is 6.77. The molecule has 7 nitrogen and oxygen atoms in total. The lowest BCUT2D eigenvalue weighted by molar-refractivity contribution is -0.122. The summed E-state index contributed by atoms with van der Waals surface area (Å²) in [6, 6.07) is 7.85. The molecule has 1 aliphatic rings. The largest absolute Gasteiger partial charge is 0.493 e. The number of anilines is 1. The molecule has 0 aromatic heterocycles. The van der Waals surface area contributed by atoms with Crippen LogP contribution in [-0.4, -0.2) is 31.6 Å². The number of benzene rings is 2. The number of aryl methyl sites for hydroxylation is 1. The number of nitrogens with one attached hydrogen (secondary N) is 1. The Morgan fingerprint density at radius 2 is 1.94 bits per heavy atom. The number of hydrogen-bond donors (Lipinski definition) is 1. The van der Waals surface area contributed by atoms with E-state index in [2.05, 4.69) is 43.8 Å². The van der Waals surface area contributed by atoms with Gasteiger partial charge in [-0.05, 0) is 83.5 Å².